The first-order valence-corrected chi connectivity index (χ1v) is 10.3. The van der Waals surface area contributed by atoms with Crippen molar-refractivity contribution < 1.29 is 19.2 Å². The van der Waals surface area contributed by atoms with Crippen LogP contribution in [0.4, 0.5) is 0 Å². The number of carboxylic acids is 1. The van der Waals surface area contributed by atoms with Gasteiger partial charge in [0.05, 0.1) is 5.60 Å². The quantitative estimate of drug-likeness (QED) is 0.680. The van der Waals surface area contributed by atoms with Crippen LogP contribution in [0, 0.1) is 5.92 Å². The van der Waals surface area contributed by atoms with E-state index in [1.807, 2.05) is 13.0 Å². The number of aromatic carboxylic acids is 1. The Hall–Kier alpha value is -2.87. The van der Waals surface area contributed by atoms with Gasteiger partial charge >= 0.3 is 11.7 Å². The van der Waals surface area contributed by atoms with Gasteiger partial charge in [-0.05, 0) is 68.7 Å². The zero-order valence-electron chi connectivity index (χ0n) is 17.3. The monoisotopic (exact) mass is 411 g/mol. The van der Waals surface area contributed by atoms with Crippen LogP contribution < -0.4 is 5.76 Å². The lowest BCUT2D eigenvalue weighted by molar-refractivity contribution is -0.0592. The smallest absolute Gasteiger partial charge is 0.438 e. The van der Waals surface area contributed by atoms with Gasteiger partial charge in [-0.2, -0.15) is 0 Å². The van der Waals surface area contributed by atoms with Gasteiger partial charge in [-0.3, -0.25) is 9.51 Å². The topological polar surface area (TPSA) is 110 Å². The third-order valence-electron chi connectivity index (χ3n) is 6.74. The third-order valence-corrected chi connectivity index (χ3v) is 6.74. The van der Waals surface area contributed by atoms with Crippen molar-refractivity contribution >= 4 is 16.9 Å². The van der Waals surface area contributed by atoms with E-state index in [9.17, 15) is 14.7 Å². The Kier molecular flexibility index (Phi) is 4.02. The van der Waals surface area contributed by atoms with Crippen molar-refractivity contribution in [2.75, 3.05) is 6.61 Å². The largest absolute Gasteiger partial charge is 0.477 e. The molecule has 1 saturated carbocycles. The van der Waals surface area contributed by atoms with Crippen LogP contribution in [0.15, 0.2) is 33.6 Å². The van der Waals surface area contributed by atoms with Crippen LogP contribution in [0.2, 0.25) is 0 Å². The van der Waals surface area contributed by atoms with E-state index in [2.05, 4.69) is 36.1 Å². The summed E-state index contributed by atoms with van der Waals surface area (Å²) in [6.45, 7) is 6.95. The molecule has 1 aromatic carbocycles. The Morgan fingerprint density at radius 1 is 1.30 bits per heavy atom. The molecule has 30 heavy (non-hydrogen) atoms. The van der Waals surface area contributed by atoms with Crippen LogP contribution >= 0.6 is 0 Å². The van der Waals surface area contributed by atoms with E-state index in [-0.39, 0.29) is 17.2 Å². The molecule has 0 unspecified atom stereocenters. The molecule has 0 radical (unpaired) electrons. The lowest BCUT2D eigenvalue weighted by atomic mass is 9.83. The Balaban J connectivity index is 1.65. The van der Waals surface area contributed by atoms with Crippen molar-refractivity contribution in [3.63, 3.8) is 0 Å². The second kappa shape index (κ2) is 6.31. The summed E-state index contributed by atoms with van der Waals surface area (Å²) in [5, 5.41) is 14.7. The number of aromatic amines is 1. The number of hydrogen-bond donors (Lipinski definition) is 2. The normalized spacial score (nSPS) is 28.0. The number of carboxylic acid groups (broad SMARTS) is 1. The van der Waals surface area contributed by atoms with Gasteiger partial charge in [0.15, 0.2) is 5.82 Å². The number of ether oxygens (including phenoxy) is 1. The zero-order valence-corrected chi connectivity index (χ0v) is 17.3. The van der Waals surface area contributed by atoms with Gasteiger partial charge < -0.3 is 14.4 Å². The summed E-state index contributed by atoms with van der Waals surface area (Å²) in [5.41, 5.74) is 1.31. The van der Waals surface area contributed by atoms with E-state index >= 15 is 0 Å². The summed E-state index contributed by atoms with van der Waals surface area (Å²) in [7, 11) is 0. The third kappa shape index (κ3) is 2.81. The van der Waals surface area contributed by atoms with Crippen molar-refractivity contribution in [2.24, 2.45) is 5.92 Å². The van der Waals surface area contributed by atoms with Crippen molar-refractivity contribution in [1.29, 1.82) is 0 Å². The first kappa shape index (κ1) is 19.1. The number of hydrogen-bond acceptors (Lipinski definition) is 5. The number of nitrogens with one attached hydrogen (secondary N) is 1. The summed E-state index contributed by atoms with van der Waals surface area (Å²) in [5.74, 6) is -0.792. The summed E-state index contributed by atoms with van der Waals surface area (Å²) in [6, 6.07) is 7.89. The summed E-state index contributed by atoms with van der Waals surface area (Å²) in [6.07, 6.45) is 2.55. The summed E-state index contributed by atoms with van der Waals surface area (Å²) >= 11 is 0. The van der Waals surface area contributed by atoms with Crippen LogP contribution in [-0.4, -0.2) is 38.0 Å². The molecule has 5 rings (SSSR count). The molecule has 0 bridgehead atoms. The highest BCUT2D eigenvalue weighted by atomic mass is 16.5. The van der Waals surface area contributed by atoms with Gasteiger partial charge in [-0.15, -0.1) is 0 Å². The molecule has 2 N–H and O–H groups in total. The maximum Gasteiger partial charge on any atom is 0.438 e. The van der Waals surface area contributed by atoms with Crippen LogP contribution in [0.5, 0.6) is 0 Å². The van der Waals surface area contributed by atoms with Gasteiger partial charge in [-0.1, -0.05) is 18.1 Å². The van der Waals surface area contributed by atoms with Crippen molar-refractivity contribution in [3.05, 3.63) is 51.9 Å². The predicted octanol–water partition coefficient (Wildman–Crippen LogP) is 3.47. The van der Waals surface area contributed by atoms with Crippen LogP contribution in [0.1, 0.15) is 67.8 Å². The van der Waals surface area contributed by atoms with E-state index in [0.29, 0.717) is 18.2 Å². The molecule has 0 spiro atoms. The van der Waals surface area contributed by atoms with Gasteiger partial charge in [0, 0.05) is 17.5 Å². The molecule has 0 amide bonds. The highest BCUT2D eigenvalue weighted by Crippen LogP contribution is 2.55. The lowest BCUT2D eigenvalue weighted by Gasteiger charge is -2.35. The average Bonchev–Trinajstić information content (AvgIpc) is 3.03. The Morgan fingerprint density at radius 2 is 2.07 bits per heavy atom. The predicted molar refractivity (Wildman–Crippen MR) is 109 cm³/mol. The number of fused-ring (bicyclic) bond motifs is 1. The van der Waals surface area contributed by atoms with E-state index in [1.54, 1.807) is 10.6 Å². The SMILES string of the molecule is C[C@H]1C[C@@]1(c1noc(=O)[nH]1)n1c(C(=O)O)cc2cc([C@@H]3CCOC(C)(C)C3)ccc21. The van der Waals surface area contributed by atoms with Gasteiger partial charge in [0.25, 0.3) is 0 Å². The maximum absolute atomic E-state index is 12.1. The molecular weight excluding hydrogens is 386 g/mol. The number of nitrogens with zero attached hydrogens (tertiary/aromatic N) is 2. The van der Waals surface area contributed by atoms with E-state index < -0.39 is 17.3 Å². The molecule has 2 aromatic heterocycles. The molecule has 3 aromatic rings. The molecule has 158 valence electrons. The highest BCUT2D eigenvalue weighted by molar-refractivity contribution is 5.95. The van der Waals surface area contributed by atoms with Crippen molar-refractivity contribution in [3.8, 4) is 0 Å². The highest BCUT2D eigenvalue weighted by Gasteiger charge is 2.59. The molecule has 2 aliphatic rings. The average molecular weight is 411 g/mol. The minimum Gasteiger partial charge on any atom is -0.477 e. The minimum absolute atomic E-state index is 0.114. The number of rotatable bonds is 4. The molecule has 1 aliphatic heterocycles. The summed E-state index contributed by atoms with van der Waals surface area (Å²) in [4.78, 5) is 26.3. The van der Waals surface area contributed by atoms with Crippen molar-refractivity contribution in [2.45, 2.75) is 57.1 Å². The van der Waals surface area contributed by atoms with Crippen LogP contribution in [-0.2, 0) is 10.3 Å². The van der Waals surface area contributed by atoms with Crippen LogP contribution in [0.3, 0.4) is 0 Å². The Bertz CT molecular complexity index is 1200. The van der Waals surface area contributed by atoms with E-state index in [1.165, 1.54) is 5.56 Å². The zero-order chi connectivity index (χ0) is 21.3. The molecule has 8 nitrogen and oxygen atoms in total. The van der Waals surface area contributed by atoms with Crippen molar-refractivity contribution in [1.82, 2.24) is 14.7 Å². The first-order valence-electron chi connectivity index (χ1n) is 10.3. The fourth-order valence-electron chi connectivity index (χ4n) is 5.16. The summed E-state index contributed by atoms with van der Waals surface area (Å²) < 4.78 is 12.4. The Morgan fingerprint density at radius 3 is 2.67 bits per heavy atom. The molecule has 1 aliphatic carbocycles. The first-order chi connectivity index (χ1) is 14.2. The second-order valence-electron chi connectivity index (χ2n) is 9.26. The molecule has 3 heterocycles. The molecule has 8 heteroatoms. The number of benzene rings is 1. The molecule has 2 fully saturated rings. The number of carbonyl (C=O) groups is 1. The lowest BCUT2D eigenvalue weighted by Crippen LogP contribution is -2.32. The number of H-pyrrole nitrogens is 1. The minimum atomic E-state index is -1.01. The second-order valence-corrected chi connectivity index (χ2v) is 9.26. The molecular formula is C22H25N3O5. The fourth-order valence-corrected chi connectivity index (χ4v) is 5.16. The van der Waals surface area contributed by atoms with Crippen LogP contribution in [0.25, 0.3) is 10.9 Å². The number of aromatic nitrogens is 3. The van der Waals surface area contributed by atoms with E-state index in [0.717, 1.165) is 30.4 Å². The standard InChI is InChI=1S/C22H25N3O5/c1-12-10-22(12,19-23-20(28)30-24-19)25-16-5-4-13(8-15(16)9-17(25)18(26)27)14-6-7-29-21(2,3)11-14/h4-5,8-9,12,14H,6-7,10-11H2,1-3H3,(H,26,27)(H,23,24,28)/t12-,14+,22+/m0/s1. The van der Waals surface area contributed by atoms with Gasteiger partial charge in [0.1, 0.15) is 11.2 Å². The fraction of sp³-hybridized carbons (Fsp3) is 0.500. The molecule has 3 atom stereocenters. The van der Waals surface area contributed by atoms with Gasteiger partial charge in [0.2, 0.25) is 0 Å². The van der Waals surface area contributed by atoms with E-state index in [4.69, 9.17) is 9.26 Å². The maximum atomic E-state index is 12.1. The molecule has 1 saturated heterocycles. The Labute approximate surface area is 172 Å². The van der Waals surface area contributed by atoms with Gasteiger partial charge in [-0.25, -0.2) is 9.59 Å².